The fourth-order valence-corrected chi connectivity index (χ4v) is 18.9. The number of aliphatic hydroxyl groups is 1. The van der Waals surface area contributed by atoms with Crippen molar-refractivity contribution in [2.75, 3.05) is 0 Å². The van der Waals surface area contributed by atoms with Gasteiger partial charge in [0.2, 0.25) is 0 Å². The molecule has 0 aliphatic heterocycles. The van der Waals surface area contributed by atoms with Gasteiger partial charge in [-0.1, -0.05) is 157 Å². The Hall–Kier alpha value is -0.603. The lowest BCUT2D eigenvalue weighted by Crippen LogP contribution is -2.54. The first kappa shape index (κ1) is 37.6. The minimum Gasteiger partial charge on any atom is -0.378 e. The first-order valence-corrected chi connectivity index (χ1v) is 21.8. The van der Waals surface area contributed by atoms with Crippen molar-refractivity contribution in [3.05, 3.63) is 17.0 Å². The molecule has 4 heteroatoms. The third-order valence-electron chi connectivity index (χ3n) is 9.81. The fourth-order valence-electron chi connectivity index (χ4n) is 7.49. The van der Waals surface area contributed by atoms with Crippen LogP contribution in [0.1, 0.15) is 176 Å². The summed E-state index contributed by atoms with van der Waals surface area (Å²) < 4.78 is 4.46. The number of hydrogen-bond donors (Lipinski definition) is 1. The number of unbranched alkanes of at least 4 members (excludes halogenated alkanes) is 14. The van der Waals surface area contributed by atoms with E-state index in [1.165, 1.54) is 99.3 Å². The summed E-state index contributed by atoms with van der Waals surface area (Å²) in [5.41, 5.74) is 1.34. The van der Waals surface area contributed by atoms with Gasteiger partial charge in [-0.25, -0.2) is 0 Å². The topological polar surface area (TPSA) is 20.2 Å². The van der Waals surface area contributed by atoms with Crippen LogP contribution < -0.4 is 4.50 Å². The van der Waals surface area contributed by atoms with Crippen LogP contribution in [0.25, 0.3) is 9.40 Å². The van der Waals surface area contributed by atoms with E-state index in [2.05, 4.69) is 79.4 Å². The van der Waals surface area contributed by atoms with Gasteiger partial charge < -0.3 is 5.11 Å². The number of fused-ring (bicyclic) bond motifs is 1. The molecule has 0 aliphatic rings. The third-order valence-corrected chi connectivity index (χ3v) is 19.9. The molecule has 2 heterocycles. The van der Waals surface area contributed by atoms with Gasteiger partial charge in [-0.3, -0.25) is 0 Å². The highest BCUT2D eigenvalue weighted by atomic mass is 32.1. The van der Waals surface area contributed by atoms with E-state index in [1.54, 1.807) is 4.50 Å². The highest BCUT2D eigenvalue weighted by Crippen LogP contribution is 2.44. The molecule has 42 heavy (non-hydrogen) atoms. The van der Waals surface area contributed by atoms with E-state index >= 15 is 0 Å². The summed E-state index contributed by atoms with van der Waals surface area (Å²) in [7, 11) is -1.63. The molecule has 0 aromatic carbocycles. The quantitative estimate of drug-likeness (QED) is 0.0779. The first-order chi connectivity index (χ1) is 20.1. The largest absolute Gasteiger partial charge is 0.378 e. The predicted molar refractivity (Wildman–Crippen MR) is 197 cm³/mol. The van der Waals surface area contributed by atoms with Gasteiger partial charge in [-0.2, -0.15) is 0 Å². The summed E-state index contributed by atoms with van der Waals surface area (Å²) in [5, 5.41) is 11.7. The third kappa shape index (κ3) is 11.4. The van der Waals surface area contributed by atoms with Crippen molar-refractivity contribution >= 4 is 44.6 Å². The molecule has 2 aromatic heterocycles. The van der Waals surface area contributed by atoms with Crippen molar-refractivity contribution < 1.29 is 5.11 Å². The molecular formula is C38H66OS2Si. The lowest BCUT2D eigenvalue weighted by atomic mass is 9.90. The number of hydrogen-bond acceptors (Lipinski definition) is 3. The normalized spacial score (nSPS) is 12.7. The maximum absolute atomic E-state index is 11.7. The molecule has 240 valence electrons. The highest BCUT2D eigenvalue weighted by Gasteiger charge is 2.45. The van der Waals surface area contributed by atoms with Crippen LogP contribution in [-0.4, -0.2) is 18.8 Å². The average Bonchev–Trinajstić information content (AvgIpc) is 3.50. The van der Waals surface area contributed by atoms with Crippen LogP contribution >= 0.6 is 22.7 Å². The number of rotatable bonds is 22. The molecule has 0 unspecified atom stereocenters. The van der Waals surface area contributed by atoms with Crippen LogP contribution in [0.5, 0.6) is 0 Å². The second kappa shape index (κ2) is 19.7. The Kier molecular flexibility index (Phi) is 17.6. The monoisotopic (exact) mass is 630 g/mol. The fraction of sp³-hybridized carbons (Fsp3) is 0.789. The summed E-state index contributed by atoms with van der Waals surface area (Å²) in [4.78, 5) is 1.12. The Morgan fingerprint density at radius 3 is 1.43 bits per heavy atom. The van der Waals surface area contributed by atoms with E-state index < -0.39 is 13.7 Å². The SMILES string of the molecule is CCCCCCCCCCC(O)(C#Cc1cc2sc([Si](C(C)C)(C(C)C)C(C)C)cc2s1)CCCCCCCCCC. The molecule has 2 rings (SSSR count). The molecule has 0 saturated carbocycles. The van der Waals surface area contributed by atoms with Crippen LogP contribution in [0.3, 0.4) is 0 Å². The van der Waals surface area contributed by atoms with E-state index in [9.17, 15) is 5.11 Å². The second-order valence-electron chi connectivity index (χ2n) is 14.1. The molecule has 0 aliphatic carbocycles. The van der Waals surface area contributed by atoms with E-state index in [1.807, 2.05) is 22.7 Å². The Bertz CT molecular complexity index is 977. The lowest BCUT2D eigenvalue weighted by molar-refractivity contribution is 0.0762. The average molecular weight is 631 g/mol. The smallest absolute Gasteiger partial charge is 0.125 e. The maximum Gasteiger partial charge on any atom is 0.125 e. The van der Waals surface area contributed by atoms with Gasteiger partial charge in [0.25, 0.3) is 0 Å². The first-order valence-electron chi connectivity index (χ1n) is 17.9. The van der Waals surface area contributed by atoms with Crippen LogP contribution in [0, 0.1) is 11.8 Å². The van der Waals surface area contributed by atoms with Crippen molar-refractivity contribution in [1.82, 2.24) is 0 Å². The van der Waals surface area contributed by atoms with Crippen LogP contribution in [0.2, 0.25) is 16.6 Å². The molecular weight excluding hydrogens is 565 g/mol. The summed E-state index contributed by atoms with van der Waals surface area (Å²) >= 11 is 3.88. The molecule has 0 fully saturated rings. The Morgan fingerprint density at radius 2 is 1.02 bits per heavy atom. The van der Waals surface area contributed by atoms with Crippen molar-refractivity contribution in [3.63, 3.8) is 0 Å². The highest BCUT2D eigenvalue weighted by molar-refractivity contribution is 7.36. The van der Waals surface area contributed by atoms with E-state index in [0.29, 0.717) is 0 Å². The maximum atomic E-state index is 11.7. The van der Waals surface area contributed by atoms with E-state index in [-0.39, 0.29) is 0 Å². The van der Waals surface area contributed by atoms with Gasteiger partial charge in [-0.05, 0) is 58.9 Å². The standard InChI is InChI=1S/C38H66OS2Si/c1-9-11-13-15-17-19-21-23-26-38(39,27-24-22-20-18-16-14-12-10-2)28-25-34-29-35-36(40-34)30-37(41-35)42(31(3)4,32(5)6)33(7)8/h29-33,39H,9-24,26-27H2,1-8H3. The molecule has 0 spiro atoms. The molecule has 0 atom stereocenters. The minimum atomic E-state index is -1.63. The zero-order chi connectivity index (χ0) is 31.0. The van der Waals surface area contributed by atoms with Gasteiger partial charge in [0.05, 0.1) is 4.88 Å². The molecule has 0 radical (unpaired) electrons. The Morgan fingerprint density at radius 1 is 0.619 bits per heavy atom. The molecule has 1 nitrogen and oxygen atoms in total. The molecule has 2 aromatic rings. The zero-order valence-corrected chi connectivity index (χ0v) is 31.5. The van der Waals surface area contributed by atoms with E-state index in [0.717, 1.165) is 47.2 Å². The summed E-state index contributed by atoms with van der Waals surface area (Å²) in [6.45, 7) is 19.3. The molecule has 0 bridgehead atoms. The van der Waals surface area contributed by atoms with Crippen LogP contribution in [-0.2, 0) is 0 Å². The van der Waals surface area contributed by atoms with Gasteiger partial charge in [0.15, 0.2) is 0 Å². The second-order valence-corrected chi connectivity index (χ2v) is 22.5. The molecule has 0 saturated heterocycles. The summed E-state index contributed by atoms with van der Waals surface area (Å²) in [6.07, 6.45) is 22.4. The van der Waals surface area contributed by atoms with Crippen molar-refractivity contribution in [3.8, 4) is 11.8 Å². The number of thiophene rings is 2. The summed E-state index contributed by atoms with van der Waals surface area (Å²) in [5.74, 6) is 6.90. The van der Waals surface area contributed by atoms with Gasteiger partial charge >= 0.3 is 0 Å². The lowest BCUT2D eigenvalue weighted by Gasteiger charge is -2.42. The van der Waals surface area contributed by atoms with Crippen LogP contribution in [0.15, 0.2) is 12.1 Å². The Labute approximate surface area is 270 Å². The molecule has 0 amide bonds. The Balaban J connectivity index is 2.09. The van der Waals surface area contributed by atoms with Gasteiger partial charge in [0, 0.05) is 9.40 Å². The van der Waals surface area contributed by atoms with Gasteiger partial charge in [0.1, 0.15) is 13.7 Å². The summed E-state index contributed by atoms with van der Waals surface area (Å²) in [6, 6.07) is 4.84. The van der Waals surface area contributed by atoms with Crippen molar-refractivity contribution in [2.45, 2.75) is 193 Å². The van der Waals surface area contributed by atoms with Crippen LogP contribution in [0.4, 0.5) is 0 Å². The van der Waals surface area contributed by atoms with Gasteiger partial charge in [-0.15, -0.1) is 22.7 Å². The predicted octanol–water partition coefficient (Wildman–Crippen LogP) is 13.0. The van der Waals surface area contributed by atoms with E-state index in [4.69, 9.17) is 0 Å². The zero-order valence-electron chi connectivity index (χ0n) is 28.9. The van der Waals surface area contributed by atoms with Crippen molar-refractivity contribution in [1.29, 1.82) is 0 Å². The minimum absolute atomic E-state index is 0.729. The van der Waals surface area contributed by atoms with Crippen molar-refractivity contribution in [2.24, 2.45) is 0 Å². The molecule has 1 N–H and O–H groups in total.